The van der Waals surface area contributed by atoms with E-state index in [0.717, 1.165) is 25.8 Å². The van der Waals surface area contributed by atoms with Crippen molar-refractivity contribution in [1.29, 1.82) is 0 Å². The number of anilines is 1. The van der Waals surface area contributed by atoms with Crippen molar-refractivity contribution in [3.8, 4) is 10.6 Å². The van der Waals surface area contributed by atoms with Crippen molar-refractivity contribution in [3.63, 3.8) is 0 Å². The van der Waals surface area contributed by atoms with E-state index in [9.17, 15) is 13.2 Å². The van der Waals surface area contributed by atoms with Crippen LogP contribution in [0.4, 0.5) is 5.00 Å². The molecule has 0 aliphatic heterocycles. The van der Waals surface area contributed by atoms with Crippen molar-refractivity contribution in [2.24, 2.45) is 0 Å². The highest BCUT2D eigenvalue weighted by Gasteiger charge is 2.19. The second-order valence-corrected chi connectivity index (χ2v) is 9.16. The number of pyridine rings is 1. The van der Waals surface area contributed by atoms with Crippen LogP contribution in [-0.2, 0) is 14.8 Å². The summed E-state index contributed by atoms with van der Waals surface area (Å²) in [6.07, 6.45) is 4.87. The summed E-state index contributed by atoms with van der Waals surface area (Å²) in [7, 11) is -2.36. The molecule has 0 aliphatic carbocycles. The summed E-state index contributed by atoms with van der Waals surface area (Å²) in [6.45, 7) is 1.48. The molecular weight excluding hydrogens is 408 g/mol. The second kappa shape index (κ2) is 9.08. The number of aromatic nitrogens is 2. The fourth-order valence-electron chi connectivity index (χ4n) is 2.42. The monoisotopic (exact) mass is 428 g/mol. The van der Waals surface area contributed by atoms with Gasteiger partial charge in [-0.3, -0.25) is 9.78 Å². The number of nitrogens with one attached hydrogen (secondary N) is 1. The first kappa shape index (κ1) is 20.8. The topological polar surface area (TPSA) is 92.3 Å². The number of sulfonamides is 1. The Bertz CT molecular complexity index is 1110. The van der Waals surface area contributed by atoms with Crippen LogP contribution in [0.25, 0.3) is 16.6 Å². The normalized spacial score (nSPS) is 11.8. The third kappa shape index (κ3) is 5.57. The van der Waals surface area contributed by atoms with Gasteiger partial charge in [0, 0.05) is 30.4 Å². The van der Waals surface area contributed by atoms with Gasteiger partial charge in [0.2, 0.25) is 15.9 Å². The van der Waals surface area contributed by atoms with Crippen LogP contribution in [0, 0.1) is 6.92 Å². The second-order valence-electron chi connectivity index (χ2n) is 6.24. The van der Waals surface area contributed by atoms with Crippen molar-refractivity contribution in [2.75, 3.05) is 18.9 Å². The van der Waals surface area contributed by atoms with E-state index >= 15 is 0 Å². The Labute approximate surface area is 173 Å². The third-order valence-corrected chi connectivity index (χ3v) is 6.59. The van der Waals surface area contributed by atoms with Gasteiger partial charge < -0.3 is 5.32 Å². The van der Waals surface area contributed by atoms with Gasteiger partial charge in [-0.1, -0.05) is 41.7 Å². The van der Waals surface area contributed by atoms with E-state index in [4.69, 9.17) is 0 Å². The maximum Gasteiger partial charge on any atom is 0.240 e. The van der Waals surface area contributed by atoms with Gasteiger partial charge in [-0.2, -0.15) is 4.31 Å². The van der Waals surface area contributed by atoms with Gasteiger partial charge >= 0.3 is 0 Å². The summed E-state index contributed by atoms with van der Waals surface area (Å²) >= 11 is 1.32. The van der Waals surface area contributed by atoms with Crippen LogP contribution >= 0.6 is 11.3 Å². The van der Waals surface area contributed by atoms with Crippen molar-refractivity contribution in [1.82, 2.24) is 14.3 Å². The number of nitrogens with zero attached hydrogens (tertiary/aromatic N) is 3. The zero-order valence-electron chi connectivity index (χ0n) is 15.9. The van der Waals surface area contributed by atoms with Crippen LogP contribution in [0.3, 0.4) is 0 Å². The maximum absolute atomic E-state index is 12.4. The first-order chi connectivity index (χ1) is 13.8. The van der Waals surface area contributed by atoms with Crippen LogP contribution in [0.1, 0.15) is 11.3 Å². The van der Waals surface area contributed by atoms with Crippen LogP contribution < -0.4 is 5.32 Å². The molecule has 3 aromatic rings. The number of carbonyl (C=O) groups is 1. The highest BCUT2D eigenvalue weighted by molar-refractivity contribution is 7.92. The Morgan fingerprint density at radius 1 is 1.21 bits per heavy atom. The molecule has 0 aliphatic rings. The number of hydrogen-bond donors (Lipinski definition) is 1. The molecule has 0 spiro atoms. The molecule has 1 aromatic carbocycles. The predicted octanol–water partition coefficient (Wildman–Crippen LogP) is 3.38. The Hall–Kier alpha value is -2.88. The van der Waals surface area contributed by atoms with E-state index in [-0.39, 0.29) is 6.54 Å². The minimum Gasteiger partial charge on any atom is -0.315 e. The van der Waals surface area contributed by atoms with Gasteiger partial charge in [0.15, 0.2) is 0 Å². The molecule has 150 valence electrons. The minimum atomic E-state index is -3.72. The van der Waals surface area contributed by atoms with E-state index in [1.807, 2.05) is 30.3 Å². The van der Waals surface area contributed by atoms with Crippen molar-refractivity contribution in [2.45, 2.75) is 6.92 Å². The quantitative estimate of drug-likeness (QED) is 0.623. The van der Waals surface area contributed by atoms with Crippen molar-refractivity contribution >= 4 is 38.3 Å². The third-order valence-electron chi connectivity index (χ3n) is 3.99. The average molecular weight is 429 g/mol. The van der Waals surface area contributed by atoms with Crippen molar-refractivity contribution < 1.29 is 13.2 Å². The standard InChI is InChI=1S/C20H20N4O3S2/c1-15-19(28-20(22-15)17-9-6-11-21-13-17)23-18(25)14-24(2)29(26,27)12-10-16-7-4-3-5-8-16/h3-13H,14H2,1-2H3,(H,23,25). The van der Waals surface area contributed by atoms with E-state index in [1.165, 1.54) is 24.5 Å². The molecule has 0 fully saturated rings. The highest BCUT2D eigenvalue weighted by atomic mass is 32.2. The number of likely N-dealkylation sites (N-methyl/N-ethyl adjacent to an activating group) is 1. The lowest BCUT2D eigenvalue weighted by Gasteiger charge is -2.14. The molecule has 1 amide bonds. The number of benzene rings is 1. The Kier molecular flexibility index (Phi) is 6.53. The van der Waals surface area contributed by atoms with Crippen molar-refractivity contribution in [3.05, 3.63) is 71.5 Å². The zero-order valence-corrected chi connectivity index (χ0v) is 17.6. The first-order valence-corrected chi connectivity index (χ1v) is 11.0. The van der Waals surface area contributed by atoms with Crippen LogP contribution in [-0.4, -0.2) is 42.2 Å². The number of aryl methyl sites for hydroxylation is 1. The zero-order chi connectivity index (χ0) is 20.9. The molecule has 9 heteroatoms. The lowest BCUT2D eigenvalue weighted by Crippen LogP contribution is -2.33. The van der Waals surface area contributed by atoms with Gasteiger partial charge in [-0.25, -0.2) is 13.4 Å². The smallest absolute Gasteiger partial charge is 0.240 e. The lowest BCUT2D eigenvalue weighted by molar-refractivity contribution is -0.116. The summed E-state index contributed by atoms with van der Waals surface area (Å²) in [4.78, 5) is 20.9. The summed E-state index contributed by atoms with van der Waals surface area (Å²) in [6, 6.07) is 12.8. The van der Waals surface area contributed by atoms with Gasteiger partial charge in [-0.15, -0.1) is 0 Å². The molecule has 2 heterocycles. The molecule has 0 atom stereocenters. The lowest BCUT2D eigenvalue weighted by atomic mass is 10.2. The SMILES string of the molecule is Cc1nc(-c2cccnc2)sc1NC(=O)CN(C)S(=O)(=O)C=Cc1ccccc1. The number of amides is 1. The first-order valence-electron chi connectivity index (χ1n) is 8.72. The van der Waals surface area contributed by atoms with E-state index in [0.29, 0.717) is 10.7 Å². The highest BCUT2D eigenvalue weighted by Crippen LogP contribution is 2.31. The number of carbonyl (C=O) groups excluding carboxylic acids is 1. The van der Waals surface area contributed by atoms with Crippen LogP contribution in [0.2, 0.25) is 0 Å². The molecule has 0 unspecified atom stereocenters. The molecule has 0 bridgehead atoms. The van der Waals surface area contributed by atoms with Gasteiger partial charge in [0.05, 0.1) is 12.2 Å². The molecule has 2 aromatic heterocycles. The van der Waals surface area contributed by atoms with Gasteiger partial charge in [0.1, 0.15) is 10.0 Å². The summed E-state index contributed by atoms with van der Waals surface area (Å²) in [5.41, 5.74) is 2.28. The molecular formula is C20H20N4O3S2. The maximum atomic E-state index is 12.4. The average Bonchev–Trinajstić information content (AvgIpc) is 3.08. The molecule has 29 heavy (non-hydrogen) atoms. The summed E-state index contributed by atoms with van der Waals surface area (Å²) in [5.74, 6) is -0.436. The molecule has 3 rings (SSSR count). The molecule has 0 saturated carbocycles. The molecule has 0 saturated heterocycles. The van der Waals surface area contributed by atoms with Crippen LogP contribution in [0.15, 0.2) is 60.3 Å². The van der Waals surface area contributed by atoms with Gasteiger partial charge in [-0.05, 0) is 30.7 Å². The molecule has 0 radical (unpaired) electrons. The Morgan fingerprint density at radius 2 is 1.97 bits per heavy atom. The minimum absolute atomic E-state index is 0.305. The fraction of sp³-hybridized carbons (Fsp3) is 0.150. The summed E-state index contributed by atoms with van der Waals surface area (Å²) < 4.78 is 25.8. The Balaban J connectivity index is 1.64. The molecule has 7 nitrogen and oxygen atoms in total. The number of thiazole rings is 1. The van der Waals surface area contributed by atoms with Gasteiger partial charge in [0.25, 0.3) is 0 Å². The van der Waals surface area contributed by atoms with E-state index < -0.39 is 15.9 Å². The Morgan fingerprint density at radius 3 is 2.66 bits per heavy atom. The summed E-state index contributed by atoms with van der Waals surface area (Å²) in [5, 5.41) is 5.15. The fourth-order valence-corrected chi connectivity index (χ4v) is 4.22. The van der Waals surface area contributed by atoms with Crippen LogP contribution in [0.5, 0.6) is 0 Å². The number of hydrogen-bond acceptors (Lipinski definition) is 6. The number of rotatable bonds is 7. The largest absolute Gasteiger partial charge is 0.315 e. The van der Waals surface area contributed by atoms with E-state index in [2.05, 4.69) is 15.3 Å². The van der Waals surface area contributed by atoms with E-state index in [1.54, 1.807) is 31.5 Å². The predicted molar refractivity (Wildman–Crippen MR) is 116 cm³/mol. The molecule has 1 N–H and O–H groups in total.